The molecule has 7 nitrogen and oxygen atoms in total. The van der Waals surface area contributed by atoms with E-state index in [-0.39, 0.29) is 0 Å². The van der Waals surface area contributed by atoms with Gasteiger partial charge in [-0.15, -0.1) is 0 Å². The maximum Gasteiger partial charge on any atom is 0.209 e. The first-order chi connectivity index (χ1) is 8.61. The summed E-state index contributed by atoms with van der Waals surface area (Å²) in [5.41, 5.74) is -0.605. The molecule has 0 unspecified atom stereocenters. The third-order valence-electron chi connectivity index (χ3n) is 2.27. The van der Waals surface area contributed by atoms with E-state index in [1.165, 1.54) is 0 Å². The maximum absolute atomic E-state index is 11.2. The highest BCUT2D eigenvalue weighted by Gasteiger charge is 2.22. The summed E-state index contributed by atoms with van der Waals surface area (Å²) in [5, 5.41) is 6.05. The number of aromatic nitrogens is 2. The lowest BCUT2D eigenvalue weighted by molar-refractivity contribution is 0.476. The molecule has 3 N–H and O–H groups in total. The summed E-state index contributed by atoms with van der Waals surface area (Å²) in [4.78, 5) is 8.42. The van der Waals surface area contributed by atoms with Gasteiger partial charge in [-0.05, 0) is 20.8 Å². The molecule has 0 aliphatic heterocycles. The average Bonchev–Trinajstić information content (AvgIpc) is 2.22. The molecule has 0 aliphatic carbocycles. The molecule has 1 heterocycles. The third-order valence-corrected chi connectivity index (χ3v) is 3.19. The standard InChI is InChI=1S/C11H21N5O2S/c1-8-14-9(12-4)6-10(15-8)13-7-11(2,3)16-19(5,17)18/h6,16H,7H2,1-5H3,(H2,12,13,14,15). The third kappa shape index (κ3) is 5.84. The van der Waals surface area contributed by atoms with Crippen LogP contribution in [-0.2, 0) is 10.0 Å². The van der Waals surface area contributed by atoms with Crippen molar-refractivity contribution in [3.05, 3.63) is 11.9 Å². The number of sulfonamides is 1. The van der Waals surface area contributed by atoms with Crippen molar-refractivity contribution < 1.29 is 8.42 Å². The minimum Gasteiger partial charge on any atom is -0.373 e. The van der Waals surface area contributed by atoms with Crippen molar-refractivity contribution >= 4 is 21.7 Å². The highest BCUT2D eigenvalue weighted by molar-refractivity contribution is 7.88. The molecule has 1 aromatic heterocycles. The lowest BCUT2D eigenvalue weighted by Gasteiger charge is -2.25. The van der Waals surface area contributed by atoms with Gasteiger partial charge in [-0.2, -0.15) is 0 Å². The molecule has 0 spiro atoms. The smallest absolute Gasteiger partial charge is 0.209 e. The van der Waals surface area contributed by atoms with E-state index >= 15 is 0 Å². The number of hydrogen-bond acceptors (Lipinski definition) is 6. The van der Waals surface area contributed by atoms with Crippen molar-refractivity contribution in [2.24, 2.45) is 0 Å². The number of rotatable bonds is 6. The molecule has 0 amide bonds. The van der Waals surface area contributed by atoms with Crippen LogP contribution in [0.5, 0.6) is 0 Å². The van der Waals surface area contributed by atoms with Crippen molar-refractivity contribution in [1.29, 1.82) is 0 Å². The molecule has 0 saturated carbocycles. The Labute approximate surface area is 114 Å². The second kappa shape index (κ2) is 5.70. The van der Waals surface area contributed by atoms with E-state index in [0.29, 0.717) is 24.0 Å². The van der Waals surface area contributed by atoms with E-state index in [9.17, 15) is 8.42 Å². The van der Waals surface area contributed by atoms with Gasteiger partial charge in [0.15, 0.2) is 0 Å². The predicted octanol–water partition coefficient (Wildman–Crippen LogP) is 0.566. The number of nitrogens with zero attached hydrogens (tertiary/aromatic N) is 2. The first-order valence-corrected chi connectivity index (χ1v) is 7.77. The van der Waals surface area contributed by atoms with Gasteiger partial charge in [0.2, 0.25) is 10.0 Å². The van der Waals surface area contributed by atoms with Crippen LogP contribution >= 0.6 is 0 Å². The SMILES string of the molecule is CNc1cc(NCC(C)(C)NS(C)(=O)=O)nc(C)n1. The maximum atomic E-state index is 11.2. The van der Waals surface area contributed by atoms with Gasteiger partial charge >= 0.3 is 0 Å². The number of anilines is 2. The fourth-order valence-electron chi connectivity index (χ4n) is 1.64. The Balaban J connectivity index is 2.73. The quantitative estimate of drug-likeness (QED) is 0.708. The molecule has 0 radical (unpaired) electrons. The van der Waals surface area contributed by atoms with Crippen LogP contribution in [-0.4, -0.2) is 43.8 Å². The second-order valence-corrected chi connectivity index (χ2v) is 6.80. The number of nitrogens with one attached hydrogen (secondary N) is 3. The molecule has 0 bridgehead atoms. The highest BCUT2D eigenvalue weighted by Crippen LogP contribution is 2.12. The van der Waals surface area contributed by atoms with Crippen LogP contribution < -0.4 is 15.4 Å². The zero-order valence-electron chi connectivity index (χ0n) is 11.9. The largest absolute Gasteiger partial charge is 0.373 e. The van der Waals surface area contributed by atoms with Crippen LogP contribution in [0.2, 0.25) is 0 Å². The summed E-state index contributed by atoms with van der Waals surface area (Å²) in [6.45, 7) is 5.81. The molecule has 0 atom stereocenters. The van der Waals surface area contributed by atoms with Gasteiger partial charge in [0.25, 0.3) is 0 Å². The fraction of sp³-hybridized carbons (Fsp3) is 0.636. The first kappa shape index (κ1) is 15.6. The minimum absolute atomic E-state index is 0.416. The summed E-state index contributed by atoms with van der Waals surface area (Å²) in [5.74, 6) is 2.01. The van der Waals surface area contributed by atoms with Crippen molar-refractivity contribution in [1.82, 2.24) is 14.7 Å². The Kier molecular flexibility index (Phi) is 4.70. The Morgan fingerprint density at radius 3 is 2.37 bits per heavy atom. The molecule has 8 heteroatoms. The van der Waals surface area contributed by atoms with Crippen molar-refractivity contribution in [2.75, 3.05) is 30.5 Å². The van der Waals surface area contributed by atoms with Crippen molar-refractivity contribution in [2.45, 2.75) is 26.3 Å². The van der Waals surface area contributed by atoms with Crippen molar-refractivity contribution in [3.8, 4) is 0 Å². The van der Waals surface area contributed by atoms with Gasteiger partial charge in [0.1, 0.15) is 17.5 Å². The van der Waals surface area contributed by atoms with Crippen LogP contribution in [0, 0.1) is 6.92 Å². The van der Waals surface area contributed by atoms with Crippen LogP contribution in [0.1, 0.15) is 19.7 Å². The highest BCUT2D eigenvalue weighted by atomic mass is 32.2. The molecule has 19 heavy (non-hydrogen) atoms. The Hall–Kier alpha value is -1.41. The van der Waals surface area contributed by atoms with Crippen LogP contribution in [0.15, 0.2) is 6.07 Å². The summed E-state index contributed by atoms with van der Waals surface area (Å²) in [7, 11) is -1.46. The number of aryl methyl sites for hydroxylation is 1. The molecular formula is C11H21N5O2S. The second-order valence-electron chi connectivity index (χ2n) is 5.05. The van der Waals surface area contributed by atoms with Crippen molar-refractivity contribution in [3.63, 3.8) is 0 Å². The monoisotopic (exact) mass is 287 g/mol. The van der Waals surface area contributed by atoms with Gasteiger partial charge in [-0.1, -0.05) is 0 Å². The zero-order valence-corrected chi connectivity index (χ0v) is 12.7. The van der Waals surface area contributed by atoms with Gasteiger partial charge in [0, 0.05) is 25.2 Å². The van der Waals surface area contributed by atoms with E-state index in [0.717, 1.165) is 6.26 Å². The minimum atomic E-state index is -3.24. The van der Waals surface area contributed by atoms with E-state index in [2.05, 4.69) is 25.3 Å². The van der Waals surface area contributed by atoms with E-state index in [1.54, 1.807) is 33.9 Å². The first-order valence-electron chi connectivity index (χ1n) is 5.87. The summed E-state index contributed by atoms with van der Waals surface area (Å²) in [6, 6.07) is 1.77. The Bertz CT molecular complexity index is 542. The molecule has 0 aromatic carbocycles. The predicted molar refractivity (Wildman–Crippen MR) is 76.9 cm³/mol. The van der Waals surface area contributed by atoms with E-state index in [1.807, 2.05) is 0 Å². The van der Waals surface area contributed by atoms with E-state index < -0.39 is 15.6 Å². The van der Waals surface area contributed by atoms with Crippen LogP contribution in [0.4, 0.5) is 11.6 Å². The average molecular weight is 287 g/mol. The van der Waals surface area contributed by atoms with Gasteiger partial charge < -0.3 is 10.6 Å². The molecule has 1 aromatic rings. The van der Waals surface area contributed by atoms with Gasteiger partial charge in [-0.3, -0.25) is 0 Å². The fourth-order valence-corrected chi connectivity index (χ4v) is 2.71. The van der Waals surface area contributed by atoms with E-state index in [4.69, 9.17) is 0 Å². The van der Waals surface area contributed by atoms with Crippen LogP contribution in [0.3, 0.4) is 0 Å². The number of hydrogen-bond donors (Lipinski definition) is 3. The normalized spacial score (nSPS) is 12.3. The lowest BCUT2D eigenvalue weighted by atomic mass is 10.1. The molecule has 0 fully saturated rings. The summed E-state index contributed by atoms with van der Waals surface area (Å²) >= 11 is 0. The summed E-state index contributed by atoms with van der Waals surface area (Å²) < 4.78 is 25.0. The Morgan fingerprint density at radius 2 is 1.84 bits per heavy atom. The molecule has 0 aliphatic rings. The molecule has 108 valence electrons. The molecule has 0 saturated heterocycles. The van der Waals surface area contributed by atoms with Gasteiger partial charge in [-0.25, -0.2) is 23.1 Å². The topological polar surface area (TPSA) is 96.0 Å². The Morgan fingerprint density at radius 1 is 1.26 bits per heavy atom. The van der Waals surface area contributed by atoms with Gasteiger partial charge in [0.05, 0.1) is 6.26 Å². The van der Waals surface area contributed by atoms with Crippen LogP contribution in [0.25, 0.3) is 0 Å². The lowest BCUT2D eigenvalue weighted by Crippen LogP contribution is -2.47. The molecule has 1 rings (SSSR count). The zero-order chi connectivity index (χ0) is 14.7. The summed E-state index contributed by atoms with van der Waals surface area (Å²) in [6.07, 6.45) is 1.14. The molecular weight excluding hydrogens is 266 g/mol.